The van der Waals surface area contributed by atoms with Gasteiger partial charge in [-0.1, -0.05) is 125 Å². The summed E-state index contributed by atoms with van der Waals surface area (Å²) < 4.78 is 0. The van der Waals surface area contributed by atoms with Crippen molar-refractivity contribution in [2.24, 2.45) is 0 Å². The minimum atomic E-state index is 0.407. The van der Waals surface area contributed by atoms with Crippen molar-refractivity contribution in [3.8, 4) is 22.3 Å². The fraction of sp³-hybridized carbons (Fsp3) is 0.150. The third-order valence-corrected chi connectivity index (χ3v) is 8.52. The Morgan fingerprint density at radius 1 is 0.325 bits per heavy atom. The maximum absolute atomic E-state index is 2.44. The van der Waals surface area contributed by atoms with Gasteiger partial charge in [0.1, 0.15) is 0 Å². The third-order valence-electron chi connectivity index (χ3n) is 8.52. The van der Waals surface area contributed by atoms with Crippen molar-refractivity contribution in [2.45, 2.75) is 39.5 Å². The molecule has 0 aromatic heterocycles. The Balaban J connectivity index is 1.47. The topological polar surface area (TPSA) is 0 Å². The second-order valence-corrected chi connectivity index (χ2v) is 11.8. The van der Waals surface area contributed by atoms with E-state index in [0.29, 0.717) is 11.8 Å². The first kappa shape index (κ1) is 24.6. The predicted molar refractivity (Wildman–Crippen MR) is 176 cm³/mol. The third kappa shape index (κ3) is 4.07. The Kier molecular flexibility index (Phi) is 5.93. The quantitative estimate of drug-likeness (QED) is 0.205. The van der Waals surface area contributed by atoms with Crippen LogP contribution >= 0.6 is 0 Å². The van der Waals surface area contributed by atoms with Gasteiger partial charge >= 0.3 is 0 Å². The van der Waals surface area contributed by atoms with Crippen LogP contribution in [-0.4, -0.2) is 0 Å². The maximum Gasteiger partial charge on any atom is -0.0134 e. The minimum absolute atomic E-state index is 0.407. The standard InChI is InChI=1S/C40H34/c1-25(2)39-35-19-17-34(32-16-14-28-10-6-8-12-30(28)22-32)24-38(35)40(26(3)4)36-20-18-33(23-37(36)39)31-15-13-27-9-5-7-11-29(27)21-31/h5-26H,1-4H3. The number of hydrogen-bond acceptors (Lipinski definition) is 0. The van der Waals surface area contributed by atoms with Crippen molar-refractivity contribution < 1.29 is 0 Å². The smallest absolute Gasteiger partial charge is 0.0134 e. The molecule has 0 radical (unpaired) electrons. The van der Waals surface area contributed by atoms with Gasteiger partial charge in [-0.3, -0.25) is 0 Å². The van der Waals surface area contributed by atoms with Crippen LogP contribution in [0.5, 0.6) is 0 Å². The molecule has 0 heteroatoms. The van der Waals surface area contributed by atoms with Gasteiger partial charge in [0.2, 0.25) is 0 Å². The molecular weight excluding hydrogens is 480 g/mol. The number of benzene rings is 7. The lowest BCUT2D eigenvalue weighted by atomic mass is 9.82. The molecule has 0 saturated carbocycles. The van der Waals surface area contributed by atoms with Crippen molar-refractivity contribution in [1.82, 2.24) is 0 Å². The molecule has 0 aliphatic rings. The van der Waals surface area contributed by atoms with E-state index >= 15 is 0 Å². The van der Waals surface area contributed by atoms with Gasteiger partial charge in [0.25, 0.3) is 0 Å². The number of hydrogen-bond donors (Lipinski definition) is 0. The summed E-state index contributed by atoms with van der Waals surface area (Å²) >= 11 is 0. The van der Waals surface area contributed by atoms with Crippen LogP contribution in [0.25, 0.3) is 65.3 Å². The van der Waals surface area contributed by atoms with E-state index in [9.17, 15) is 0 Å². The second-order valence-electron chi connectivity index (χ2n) is 11.8. The molecule has 7 aromatic carbocycles. The molecule has 0 fully saturated rings. The maximum atomic E-state index is 2.44. The molecule has 194 valence electrons. The van der Waals surface area contributed by atoms with E-state index in [0.717, 1.165) is 0 Å². The monoisotopic (exact) mass is 514 g/mol. The van der Waals surface area contributed by atoms with Gasteiger partial charge in [-0.15, -0.1) is 0 Å². The summed E-state index contributed by atoms with van der Waals surface area (Å²) in [5.74, 6) is 0.814. The molecule has 0 nitrogen and oxygen atoms in total. The summed E-state index contributed by atoms with van der Waals surface area (Å²) in [5, 5.41) is 10.7. The van der Waals surface area contributed by atoms with Crippen LogP contribution in [-0.2, 0) is 0 Å². The summed E-state index contributed by atoms with van der Waals surface area (Å²) in [6.45, 7) is 9.35. The SMILES string of the molecule is CC(C)c1c2ccc(-c3ccc4ccccc4c3)cc2c(C(C)C)c2ccc(-c3ccc4ccccc4c3)cc12. The highest BCUT2D eigenvalue weighted by atomic mass is 14.2. The second kappa shape index (κ2) is 9.65. The van der Waals surface area contributed by atoms with Crippen LogP contribution in [0.2, 0.25) is 0 Å². The molecule has 0 N–H and O–H groups in total. The molecule has 7 rings (SSSR count). The normalized spacial score (nSPS) is 11.9. The molecule has 0 saturated heterocycles. The largest absolute Gasteiger partial charge is 0.0616 e. The van der Waals surface area contributed by atoms with Crippen molar-refractivity contribution in [2.75, 3.05) is 0 Å². The van der Waals surface area contributed by atoms with Crippen LogP contribution < -0.4 is 0 Å². The first-order valence-electron chi connectivity index (χ1n) is 14.5. The van der Waals surface area contributed by atoms with Crippen LogP contribution in [0.1, 0.15) is 50.7 Å². The fourth-order valence-corrected chi connectivity index (χ4v) is 6.63. The van der Waals surface area contributed by atoms with Crippen LogP contribution in [0.3, 0.4) is 0 Å². The Morgan fingerprint density at radius 2 is 0.675 bits per heavy atom. The van der Waals surface area contributed by atoms with Gasteiger partial charge in [0, 0.05) is 0 Å². The lowest BCUT2D eigenvalue weighted by molar-refractivity contribution is 0.873. The molecule has 0 atom stereocenters. The summed E-state index contributed by atoms with van der Waals surface area (Å²) in [7, 11) is 0. The Labute approximate surface area is 236 Å². The average Bonchev–Trinajstić information content (AvgIpc) is 2.98. The van der Waals surface area contributed by atoms with Gasteiger partial charge in [0.05, 0.1) is 0 Å². The minimum Gasteiger partial charge on any atom is -0.0616 e. The molecule has 7 aromatic rings. The molecule has 0 heterocycles. The molecule has 0 bridgehead atoms. The Bertz CT molecular complexity index is 1900. The predicted octanol–water partition coefficient (Wildman–Crippen LogP) is 11.9. The lowest BCUT2D eigenvalue weighted by Gasteiger charge is -2.22. The van der Waals surface area contributed by atoms with E-state index in [1.807, 2.05) is 0 Å². The van der Waals surface area contributed by atoms with E-state index in [1.165, 1.54) is 76.5 Å². The summed E-state index contributed by atoms with van der Waals surface area (Å²) in [5.41, 5.74) is 7.99. The van der Waals surface area contributed by atoms with E-state index in [2.05, 4.69) is 149 Å². The average molecular weight is 515 g/mol. The first-order chi connectivity index (χ1) is 19.5. The van der Waals surface area contributed by atoms with E-state index in [4.69, 9.17) is 0 Å². The number of fused-ring (bicyclic) bond motifs is 4. The Hall–Kier alpha value is -4.42. The molecule has 0 unspecified atom stereocenters. The zero-order valence-corrected chi connectivity index (χ0v) is 23.7. The fourth-order valence-electron chi connectivity index (χ4n) is 6.63. The molecule has 0 aliphatic carbocycles. The molecule has 0 aliphatic heterocycles. The Morgan fingerprint density at radius 3 is 1.07 bits per heavy atom. The summed E-state index contributed by atoms with van der Waals surface area (Å²) in [6, 6.07) is 45.2. The van der Waals surface area contributed by atoms with E-state index < -0.39 is 0 Å². The molecular formula is C40H34. The highest BCUT2D eigenvalue weighted by Crippen LogP contribution is 2.43. The van der Waals surface area contributed by atoms with Crippen molar-refractivity contribution >= 4 is 43.1 Å². The first-order valence-corrected chi connectivity index (χ1v) is 14.5. The van der Waals surface area contributed by atoms with Crippen molar-refractivity contribution in [1.29, 1.82) is 0 Å². The van der Waals surface area contributed by atoms with Gasteiger partial charge in [0.15, 0.2) is 0 Å². The molecule has 0 spiro atoms. The van der Waals surface area contributed by atoms with Crippen molar-refractivity contribution in [3.05, 3.63) is 132 Å². The highest BCUT2D eigenvalue weighted by molar-refractivity contribution is 6.09. The molecule has 40 heavy (non-hydrogen) atoms. The van der Waals surface area contributed by atoms with Gasteiger partial charge in [-0.25, -0.2) is 0 Å². The highest BCUT2D eigenvalue weighted by Gasteiger charge is 2.19. The van der Waals surface area contributed by atoms with Crippen LogP contribution in [0, 0.1) is 0 Å². The van der Waals surface area contributed by atoms with Crippen LogP contribution in [0.4, 0.5) is 0 Å². The lowest BCUT2D eigenvalue weighted by Crippen LogP contribution is -2.00. The van der Waals surface area contributed by atoms with E-state index in [-0.39, 0.29) is 0 Å². The van der Waals surface area contributed by atoms with Crippen LogP contribution in [0.15, 0.2) is 121 Å². The summed E-state index contributed by atoms with van der Waals surface area (Å²) in [6.07, 6.45) is 0. The zero-order valence-electron chi connectivity index (χ0n) is 23.7. The van der Waals surface area contributed by atoms with Gasteiger partial charge in [-0.2, -0.15) is 0 Å². The summed E-state index contributed by atoms with van der Waals surface area (Å²) in [4.78, 5) is 0. The van der Waals surface area contributed by atoms with Gasteiger partial charge < -0.3 is 0 Å². The van der Waals surface area contributed by atoms with Gasteiger partial charge in [-0.05, 0) is 113 Å². The zero-order chi connectivity index (χ0) is 27.4. The number of rotatable bonds is 4. The molecule has 0 amide bonds. The van der Waals surface area contributed by atoms with E-state index in [1.54, 1.807) is 0 Å². The van der Waals surface area contributed by atoms with Crippen molar-refractivity contribution in [3.63, 3.8) is 0 Å².